The second-order valence-corrected chi connectivity index (χ2v) is 6.52. The van der Waals surface area contributed by atoms with Crippen molar-refractivity contribution >= 4 is 23.1 Å². The molecule has 1 aromatic heterocycles. The van der Waals surface area contributed by atoms with Crippen molar-refractivity contribution in [2.24, 2.45) is 0 Å². The van der Waals surface area contributed by atoms with Gasteiger partial charge in [0.15, 0.2) is 5.78 Å². The van der Waals surface area contributed by atoms with Crippen molar-refractivity contribution in [1.82, 2.24) is 0 Å². The molecule has 3 nitrogen and oxygen atoms in total. The van der Waals surface area contributed by atoms with Gasteiger partial charge in [0, 0.05) is 17.7 Å². The van der Waals surface area contributed by atoms with Crippen molar-refractivity contribution in [1.29, 1.82) is 0 Å². The summed E-state index contributed by atoms with van der Waals surface area (Å²) in [5.74, 6) is -0.672. The Morgan fingerprint density at radius 2 is 1.78 bits per heavy atom. The third kappa shape index (κ3) is 4.61. The first kappa shape index (κ1) is 14.9. The number of aliphatic carboxylic acids is 1. The van der Waals surface area contributed by atoms with Crippen LogP contribution in [0.5, 0.6) is 0 Å². The number of carboxylic acid groups (broad SMARTS) is 1. The molecule has 0 aromatic carbocycles. The van der Waals surface area contributed by atoms with Crippen LogP contribution in [0.25, 0.3) is 0 Å². The molecule has 100 valence electrons. The topological polar surface area (TPSA) is 54.4 Å². The van der Waals surface area contributed by atoms with Crippen molar-refractivity contribution in [3.63, 3.8) is 0 Å². The smallest absolute Gasteiger partial charge is 0.303 e. The molecule has 0 fully saturated rings. The summed E-state index contributed by atoms with van der Waals surface area (Å²) in [5.41, 5.74) is 0.0759. The van der Waals surface area contributed by atoms with Crippen LogP contribution in [-0.2, 0) is 10.2 Å². The predicted octanol–water partition coefficient (Wildman–Crippen LogP) is 3.87. The fourth-order valence-electron chi connectivity index (χ4n) is 1.58. The van der Waals surface area contributed by atoms with E-state index < -0.39 is 5.97 Å². The van der Waals surface area contributed by atoms with Crippen LogP contribution in [-0.4, -0.2) is 16.9 Å². The minimum atomic E-state index is -0.798. The van der Waals surface area contributed by atoms with Gasteiger partial charge in [-0.1, -0.05) is 20.8 Å². The lowest BCUT2D eigenvalue weighted by atomic mass is 9.95. The molecule has 0 amide bonds. The molecule has 0 bridgehead atoms. The number of carboxylic acids is 1. The maximum absolute atomic E-state index is 11.9. The minimum Gasteiger partial charge on any atom is -0.481 e. The first-order chi connectivity index (χ1) is 8.30. The van der Waals surface area contributed by atoms with E-state index in [4.69, 9.17) is 5.11 Å². The van der Waals surface area contributed by atoms with Crippen LogP contribution in [0, 0.1) is 0 Å². The fraction of sp³-hybridized carbons (Fsp3) is 0.571. The normalized spacial score (nSPS) is 11.5. The highest BCUT2D eigenvalue weighted by atomic mass is 32.1. The number of Topliss-reactive ketones (excluding diaryl/α,β-unsaturated/α-hetero) is 1. The molecule has 18 heavy (non-hydrogen) atoms. The molecule has 0 saturated heterocycles. The number of carbonyl (C=O) groups is 2. The lowest BCUT2D eigenvalue weighted by Gasteiger charge is -2.15. The van der Waals surface area contributed by atoms with E-state index in [0.717, 1.165) is 4.88 Å². The largest absolute Gasteiger partial charge is 0.481 e. The first-order valence-electron chi connectivity index (χ1n) is 6.16. The van der Waals surface area contributed by atoms with Crippen molar-refractivity contribution in [3.8, 4) is 0 Å². The van der Waals surface area contributed by atoms with Crippen LogP contribution in [0.3, 0.4) is 0 Å². The van der Waals surface area contributed by atoms with E-state index in [1.807, 2.05) is 12.1 Å². The number of rotatable bonds is 6. The molecule has 0 atom stereocenters. The van der Waals surface area contributed by atoms with Gasteiger partial charge in [0.1, 0.15) is 0 Å². The third-order valence-electron chi connectivity index (χ3n) is 2.66. The van der Waals surface area contributed by atoms with Crippen LogP contribution >= 0.6 is 11.3 Å². The van der Waals surface area contributed by atoms with Crippen molar-refractivity contribution in [3.05, 3.63) is 21.9 Å². The monoisotopic (exact) mass is 268 g/mol. The molecule has 4 heteroatoms. The third-order valence-corrected chi connectivity index (χ3v) is 4.22. The minimum absolute atomic E-state index is 0.0759. The van der Waals surface area contributed by atoms with Crippen LogP contribution in [0.2, 0.25) is 0 Å². The van der Waals surface area contributed by atoms with Gasteiger partial charge in [-0.05, 0) is 30.4 Å². The molecule has 0 aliphatic heterocycles. The molecule has 0 aliphatic rings. The maximum Gasteiger partial charge on any atom is 0.303 e. The van der Waals surface area contributed by atoms with Crippen LogP contribution in [0.15, 0.2) is 12.1 Å². The Bertz CT molecular complexity index is 426. The van der Waals surface area contributed by atoms with Gasteiger partial charge in [-0.3, -0.25) is 9.59 Å². The van der Waals surface area contributed by atoms with Crippen LogP contribution < -0.4 is 0 Å². The van der Waals surface area contributed by atoms with Crippen molar-refractivity contribution < 1.29 is 14.7 Å². The summed E-state index contributed by atoms with van der Waals surface area (Å²) in [6.45, 7) is 6.37. The SMILES string of the molecule is CC(C)(C)c1ccc(C(=O)CCCCC(=O)O)s1. The Morgan fingerprint density at radius 1 is 1.17 bits per heavy atom. The summed E-state index contributed by atoms with van der Waals surface area (Å²) >= 11 is 1.55. The average Bonchev–Trinajstić information content (AvgIpc) is 2.72. The van der Waals surface area contributed by atoms with Crippen LogP contribution in [0.1, 0.15) is 61.0 Å². The quantitative estimate of drug-likeness (QED) is 0.629. The second-order valence-electron chi connectivity index (χ2n) is 5.44. The first-order valence-corrected chi connectivity index (χ1v) is 6.97. The van der Waals surface area contributed by atoms with Gasteiger partial charge >= 0.3 is 5.97 Å². The Hall–Kier alpha value is -1.16. The highest BCUT2D eigenvalue weighted by molar-refractivity contribution is 7.14. The number of ketones is 1. The molecular formula is C14H20O3S. The Kier molecular flexibility index (Phi) is 5.08. The maximum atomic E-state index is 11.9. The summed E-state index contributed by atoms with van der Waals surface area (Å²) in [7, 11) is 0. The number of thiophene rings is 1. The summed E-state index contributed by atoms with van der Waals surface area (Å²) in [4.78, 5) is 24.2. The molecule has 1 aromatic rings. The second kappa shape index (κ2) is 6.14. The van der Waals surface area contributed by atoms with Gasteiger partial charge in [-0.15, -0.1) is 11.3 Å². The van der Waals surface area contributed by atoms with E-state index in [1.54, 1.807) is 11.3 Å². The molecule has 1 N–H and O–H groups in total. The zero-order valence-corrected chi connectivity index (χ0v) is 12.0. The molecular weight excluding hydrogens is 248 g/mol. The predicted molar refractivity (Wildman–Crippen MR) is 73.5 cm³/mol. The molecule has 1 heterocycles. The molecule has 0 radical (unpaired) electrons. The Balaban J connectivity index is 2.47. The molecule has 0 saturated carbocycles. The van der Waals surface area contributed by atoms with Gasteiger partial charge in [0.25, 0.3) is 0 Å². The fourth-order valence-corrected chi connectivity index (χ4v) is 2.61. The van der Waals surface area contributed by atoms with E-state index >= 15 is 0 Å². The molecule has 1 rings (SSSR count). The molecule has 0 spiro atoms. The average molecular weight is 268 g/mol. The Labute approximate surface area is 112 Å². The van der Waals surface area contributed by atoms with Gasteiger partial charge in [0.05, 0.1) is 4.88 Å². The molecule has 0 aliphatic carbocycles. The number of unbranched alkanes of at least 4 members (excludes halogenated alkanes) is 1. The number of carbonyl (C=O) groups excluding carboxylic acids is 1. The van der Waals surface area contributed by atoms with E-state index in [2.05, 4.69) is 20.8 Å². The van der Waals surface area contributed by atoms with Gasteiger partial charge < -0.3 is 5.11 Å². The Morgan fingerprint density at radius 3 is 2.28 bits per heavy atom. The number of hydrogen-bond acceptors (Lipinski definition) is 3. The zero-order chi connectivity index (χ0) is 13.8. The lowest BCUT2D eigenvalue weighted by molar-refractivity contribution is -0.137. The van der Waals surface area contributed by atoms with Gasteiger partial charge in [0.2, 0.25) is 0 Å². The van der Waals surface area contributed by atoms with E-state index in [-0.39, 0.29) is 17.6 Å². The summed E-state index contributed by atoms with van der Waals surface area (Å²) in [6, 6.07) is 3.89. The van der Waals surface area contributed by atoms with Gasteiger partial charge in [-0.25, -0.2) is 0 Å². The zero-order valence-electron chi connectivity index (χ0n) is 11.2. The standard InChI is InChI=1S/C14H20O3S/c1-14(2,3)12-9-8-11(18-12)10(15)6-4-5-7-13(16)17/h8-9H,4-7H2,1-3H3,(H,16,17). The lowest BCUT2D eigenvalue weighted by Crippen LogP contribution is -2.07. The van der Waals surface area contributed by atoms with Gasteiger partial charge in [-0.2, -0.15) is 0 Å². The van der Waals surface area contributed by atoms with E-state index in [9.17, 15) is 9.59 Å². The summed E-state index contributed by atoms with van der Waals surface area (Å²) in [5, 5.41) is 8.51. The highest BCUT2D eigenvalue weighted by Gasteiger charge is 2.18. The van der Waals surface area contributed by atoms with Crippen molar-refractivity contribution in [2.45, 2.75) is 51.9 Å². The number of hydrogen-bond donors (Lipinski definition) is 1. The van der Waals surface area contributed by atoms with E-state index in [0.29, 0.717) is 19.3 Å². The highest BCUT2D eigenvalue weighted by Crippen LogP contribution is 2.30. The molecule has 0 unspecified atom stereocenters. The van der Waals surface area contributed by atoms with Crippen LogP contribution in [0.4, 0.5) is 0 Å². The van der Waals surface area contributed by atoms with E-state index in [1.165, 1.54) is 4.88 Å². The summed E-state index contributed by atoms with van der Waals surface area (Å²) in [6.07, 6.45) is 1.80. The summed E-state index contributed by atoms with van der Waals surface area (Å²) < 4.78 is 0. The van der Waals surface area contributed by atoms with Crippen molar-refractivity contribution in [2.75, 3.05) is 0 Å².